The second kappa shape index (κ2) is 7.03. The fourth-order valence-electron chi connectivity index (χ4n) is 7.00. The van der Waals surface area contributed by atoms with Gasteiger partial charge in [0.05, 0.1) is 0 Å². The van der Waals surface area contributed by atoms with E-state index >= 15 is 0 Å². The number of rotatable bonds is 2. The Kier molecular flexibility index (Phi) is 5.08. The second-order valence-corrected chi connectivity index (χ2v) is 10.4. The van der Waals surface area contributed by atoms with Crippen molar-refractivity contribution in [3.05, 3.63) is 23.3 Å². The Morgan fingerprint density at radius 3 is 2.71 bits per heavy atom. The number of ketones is 1. The predicted molar refractivity (Wildman–Crippen MR) is 114 cm³/mol. The third-order valence-corrected chi connectivity index (χ3v) is 8.98. The Labute approximate surface area is 174 Å². The van der Waals surface area contributed by atoms with Crippen molar-refractivity contribution < 1.29 is 9.90 Å². The lowest BCUT2D eigenvalue weighted by Crippen LogP contribution is -2.53. The highest BCUT2D eigenvalue weighted by molar-refractivity contribution is 6.17. The number of unbranched alkanes of at least 4 members (excludes halogenated alkanes) is 1. The summed E-state index contributed by atoms with van der Waals surface area (Å²) >= 11 is 5.78. The number of allylic oxidation sites excluding steroid dienone is 4. The summed E-state index contributed by atoms with van der Waals surface area (Å²) in [5, 5.41) is 11.5. The van der Waals surface area contributed by atoms with Gasteiger partial charge in [0.1, 0.15) is 5.60 Å². The molecule has 0 bridgehead atoms. The molecule has 0 spiro atoms. The predicted octanol–water partition coefficient (Wildman–Crippen LogP) is 5.44. The molecule has 0 aromatic heterocycles. The van der Waals surface area contributed by atoms with Gasteiger partial charge in [-0.1, -0.05) is 31.4 Å². The van der Waals surface area contributed by atoms with Crippen LogP contribution < -0.4 is 0 Å². The summed E-state index contributed by atoms with van der Waals surface area (Å²) in [6.45, 7) is 6.84. The molecular formula is C25H33ClO2. The van der Waals surface area contributed by atoms with E-state index in [1.807, 2.05) is 6.08 Å². The van der Waals surface area contributed by atoms with Gasteiger partial charge in [0.25, 0.3) is 0 Å². The number of hydrogen-bond acceptors (Lipinski definition) is 2. The number of carbonyl (C=O) groups excluding carboxylic acids is 1. The summed E-state index contributed by atoms with van der Waals surface area (Å²) in [5.74, 6) is 8.91. The molecule has 28 heavy (non-hydrogen) atoms. The molecule has 0 unspecified atom stereocenters. The van der Waals surface area contributed by atoms with E-state index < -0.39 is 5.60 Å². The lowest BCUT2D eigenvalue weighted by molar-refractivity contribution is -0.117. The zero-order chi connectivity index (χ0) is 20.2. The standard InChI is InChI=1S/C25H33ClO2/c1-17-15-19-20(23(2)11-7-18(27)16-22(17)23)8-12-24(3)21(19)9-13-25(24,28)10-5-4-6-14-26/h15-16,19-21,28H,4,6-9,11-14H2,1-3H3/t19-,20+,21+,23-,24+,25+/m1/s1. The number of hydrogen-bond donors (Lipinski definition) is 1. The Hall–Kier alpha value is -1.04. The van der Waals surface area contributed by atoms with E-state index in [2.05, 4.69) is 38.7 Å². The zero-order valence-corrected chi connectivity index (χ0v) is 18.2. The minimum atomic E-state index is -0.879. The number of carbonyl (C=O) groups is 1. The van der Waals surface area contributed by atoms with Gasteiger partial charge in [-0.2, -0.15) is 0 Å². The summed E-state index contributed by atoms with van der Waals surface area (Å²) in [6.07, 6.45) is 11.6. The largest absolute Gasteiger partial charge is 0.377 e. The monoisotopic (exact) mass is 400 g/mol. The summed E-state index contributed by atoms with van der Waals surface area (Å²) < 4.78 is 0. The van der Waals surface area contributed by atoms with E-state index in [4.69, 9.17) is 11.6 Å². The number of halogens is 1. The molecule has 0 aliphatic heterocycles. The lowest BCUT2D eigenvalue weighted by atomic mass is 9.47. The van der Waals surface area contributed by atoms with Crippen molar-refractivity contribution in [1.29, 1.82) is 0 Å². The van der Waals surface area contributed by atoms with Crippen LogP contribution in [0.25, 0.3) is 0 Å². The summed E-state index contributed by atoms with van der Waals surface area (Å²) in [5.41, 5.74) is 1.63. The Balaban J connectivity index is 1.68. The molecule has 0 amide bonds. The lowest BCUT2D eigenvalue weighted by Gasteiger charge is -2.57. The first-order valence-electron chi connectivity index (χ1n) is 11.0. The molecule has 4 rings (SSSR count). The highest BCUT2D eigenvalue weighted by Gasteiger charge is 2.63. The maximum absolute atomic E-state index is 12.1. The van der Waals surface area contributed by atoms with Crippen LogP contribution in [0.15, 0.2) is 23.3 Å². The topological polar surface area (TPSA) is 37.3 Å². The van der Waals surface area contributed by atoms with E-state index in [1.165, 1.54) is 11.1 Å². The van der Waals surface area contributed by atoms with Gasteiger partial charge in [0.2, 0.25) is 0 Å². The van der Waals surface area contributed by atoms with Gasteiger partial charge in [-0.05, 0) is 80.3 Å². The quantitative estimate of drug-likeness (QED) is 0.380. The van der Waals surface area contributed by atoms with E-state index in [-0.39, 0.29) is 16.6 Å². The van der Waals surface area contributed by atoms with Crippen molar-refractivity contribution in [3.8, 4) is 11.8 Å². The summed E-state index contributed by atoms with van der Waals surface area (Å²) in [6, 6.07) is 0. The normalized spacial score (nSPS) is 44.5. The summed E-state index contributed by atoms with van der Waals surface area (Å²) in [7, 11) is 0. The number of aliphatic hydroxyl groups is 1. The molecule has 3 heteroatoms. The molecule has 2 nitrogen and oxygen atoms in total. The molecule has 4 aliphatic carbocycles. The first-order valence-corrected chi connectivity index (χ1v) is 11.5. The average Bonchev–Trinajstić information content (AvgIpc) is 2.92. The maximum atomic E-state index is 12.1. The van der Waals surface area contributed by atoms with Crippen LogP contribution in [0.1, 0.15) is 72.1 Å². The molecule has 2 fully saturated rings. The van der Waals surface area contributed by atoms with E-state index in [0.717, 1.165) is 44.9 Å². The summed E-state index contributed by atoms with van der Waals surface area (Å²) in [4.78, 5) is 12.1. The molecule has 0 heterocycles. The Morgan fingerprint density at radius 1 is 1.21 bits per heavy atom. The molecule has 1 N–H and O–H groups in total. The first kappa shape index (κ1) is 20.2. The van der Waals surface area contributed by atoms with Crippen molar-refractivity contribution in [1.82, 2.24) is 0 Å². The third kappa shape index (κ3) is 2.85. The number of fused-ring (bicyclic) bond motifs is 5. The molecule has 0 radical (unpaired) electrons. The van der Waals surface area contributed by atoms with Crippen LogP contribution in [0.4, 0.5) is 0 Å². The Bertz CT molecular complexity index is 799. The van der Waals surface area contributed by atoms with Crippen molar-refractivity contribution in [2.75, 3.05) is 5.88 Å². The van der Waals surface area contributed by atoms with Gasteiger partial charge in [0, 0.05) is 24.1 Å². The minimum Gasteiger partial charge on any atom is -0.377 e. The second-order valence-electron chi connectivity index (χ2n) is 10.0. The van der Waals surface area contributed by atoms with Crippen LogP contribution in [-0.4, -0.2) is 22.4 Å². The van der Waals surface area contributed by atoms with Crippen LogP contribution in [-0.2, 0) is 4.79 Å². The van der Waals surface area contributed by atoms with Crippen LogP contribution in [0.3, 0.4) is 0 Å². The molecule has 2 saturated carbocycles. The average molecular weight is 401 g/mol. The minimum absolute atomic E-state index is 0.103. The van der Waals surface area contributed by atoms with E-state index in [1.54, 1.807) is 0 Å². The van der Waals surface area contributed by atoms with E-state index in [0.29, 0.717) is 30.1 Å². The molecule has 0 aromatic rings. The molecule has 6 atom stereocenters. The smallest absolute Gasteiger partial charge is 0.156 e. The van der Waals surface area contributed by atoms with Gasteiger partial charge >= 0.3 is 0 Å². The van der Waals surface area contributed by atoms with Crippen molar-refractivity contribution in [3.63, 3.8) is 0 Å². The van der Waals surface area contributed by atoms with E-state index in [9.17, 15) is 9.90 Å². The zero-order valence-electron chi connectivity index (χ0n) is 17.5. The van der Waals surface area contributed by atoms with Gasteiger partial charge in [-0.3, -0.25) is 4.79 Å². The van der Waals surface area contributed by atoms with Gasteiger partial charge < -0.3 is 5.11 Å². The van der Waals surface area contributed by atoms with Crippen LogP contribution in [0.5, 0.6) is 0 Å². The van der Waals surface area contributed by atoms with Crippen molar-refractivity contribution in [2.24, 2.45) is 28.6 Å². The SMILES string of the molecule is CC1=C[C@@H]2[C@H](CC[C@@]3(C)[C@H]2CC[C@@]3(O)C#CCCCCl)[C@@]2(C)CCC(=O)C=C12. The molecule has 4 aliphatic rings. The van der Waals surface area contributed by atoms with Gasteiger partial charge in [-0.25, -0.2) is 0 Å². The van der Waals surface area contributed by atoms with Crippen molar-refractivity contribution in [2.45, 2.75) is 77.7 Å². The van der Waals surface area contributed by atoms with Crippen LogP contribution in [0.2, 0.25) is 0 Å². The highest BCUT2D eigenvalue weighted by atomic mass is 35.5. The van der Waals surface area contributed by atoms with Gasteiger partial charge in [0.15, 0.2) is 5.78 Å². The van der Waals surface area contributed by atoms with Crippen molar-refractivity contribution >= 4 is 17.4 Å². The Morgan fingerprint density at radius 2 is 1.96 bits per heavy atom. The molecule has 0 aromatic carbocycles. The van der Waals surface area contributed by atoms with Crippen LogP contribution >= 0.6 is 11.6 Å². The fraction of sp³-hybridized carbons (Fsp3) is 0.720. The highest BCUT2D eigenvalue weighted by Crippen LogP contribution is 2.66. The first-order chi connectivity index (χ1) is 13.2. The molecular weight excluding hydrogens is 368 g/mol. The molecule has 0 saturated heterocycles. The third-order valence-electron chi connectivity index (χ3n) is 8.71. The fourth-order valence-corrected chi connectivity index (χ4v) is 7.13. The molecule has 152 valence electrons. The number of alkyl halides is 1. The maximum Gasteiger partial charge on any atom is 0.156 e. The van der Waals surface area contributed by atoms with Crippen LogP contribution in [0, 0.1) is 40.4 Å². The van der Waals surface area contributed by atoms with Gasteiger partial charge in [-0.15, -0.1) is 17.5 Å².